The number of fused-ring (bicyclic) bond motifs is 1. The number of hydrogen-bond donors (Lipinski definition) is 3. The monoisotopic (exact) mass is 284 g/mol. The van der Waals surface area contributed by atoms with Gasteiger partial charge in [0.05, 0.1) is 19.0 Å². The summed E-state index contributed by atoms with van der Waals surface area (Å²) in [6.07, 6.45) is 1.60. The van der Waals surface area contributed by atoms with Crippen LogP contribution in [0.2, 0.25) is 0 Å². The number of anilines is 1. The lowest BCUT2D eigenvalue weighted by Crippen LogP contribution is -2.24. The summed E-state index contributed by atoms with van der Waals surface area (Å²) >= 11 is 0. The van der Waals surface area contributed by atoms with Gasteiger partial charge >= 0.3 is 0 Å². The first-order chi connectivity index (χ1) is 8.70. The van der Waals surface area contributed by atoms with Gasteiger partial charge in [-0.15, -0.1) is 0 Å². The van der Waals surface area contributed by atoms with E-state index >= 15 is 0 Å². The van der Waals surface area contributed by atoms with Gasteiger partial charge in [-0.2, -0.15) is 0 Å². The molecule has 9 nitrogen and oxygen atoms in total. The van der Waals surface area contributed by atoms with E-state index in [9.17, 15) is 5.11 Å². The molecule has 0 radical (unpaired) electrons. The highest BCUT2D eigenvalue weighted by atomic mass is 16.8. The van der Waals surface area contributed by atoms with Crippen LogP contribution in [-0.2, 0) is 4.74 Å². The number of aliphatic hydroxyl groups excluding tert-OH is 2. The van der Waals surface area contributed by atoms with Crippen molar-refractivity contribution in [2.45, 2.75) is 24.9 Å². The van der Waals surface area contributed by atoms with Crippen LogP contribution in [0.15, 0.2) is 12.7 Å². The number of ether oxygens (including phenoxy) is 1. The Bertz CT molecular complexity index is 574. The fourth-order valence-corrected chi connectivity index (χ4v) is 2.13. The summed E-state index contributed by atoms with van der Waals surface area (Å²) < 4.78 is 7.22. The number of nitrogens with two attached hydrogens (primary N) is 1. The topological polar surface area (TPSA) is 151 Å². The molecule has 0 spiro atoms. The van der Waals surface area contributed by atoms with Crippen molar-refractivity contribution in [2.75, 3.05) is 12.3 Å². The first-order valence-corrected chi connectivity index (χ1v) is 5.58. The third kappa shape index (κ3) is 2.12. The van der Waals surface area contributed by atoms with Crippen LogP contribution in [0.1, 0.15) is 12.6 Å². The predicted molar refractivity (Wildman–Crippen MR) is 65.0 cm³/mol. The standard InChI is InChI=1S/C10H13N5O3.H2O/c11-9-8-10(13-3-12-9)15(4-14-8)7-1-5(17)6(2-16)18-7;/h3-7,16-17H,1-2H2,(H2,11,12,13);1H2/t5-,6+,7+;/m0./s1/i1+1,2+1,3+1,4+1,5+1,6+1,7+1,8+1,9+1,10+1,11+1,12+1,13+1,14+1,15+1;. The highest BCUT2D eigenvalue weighted by Crippen LogP contribution is 2.30. The zero-order valence-corrected chi connectivity index (χ0v) is 9.97. The normalized spacial score (nSPS) is 26.5. The Hall–Kier alpha value is -1.81. The number of nitrogen functional groups attached to an aromatic ring is 1. The zero-order chi connectivity index (χ0) is 12.7. The Morgan fingerprint density at radius 3 is 2.89 bits per heavy atom. The predicted octanol–water partition coefficient (Wildman–Crippen LogP) is -1.78. The molecule has 0 amide bonds. The van der Waals surface area contributed by atoms with Crippen LogP contribution in [0.5, 0.6) is 0 Å². The van der Waals surface area contributed by atoms with E-state index in [0.717, 1.165) is 0 Å². The average molecular weight is 284 g/mol. The third-order valence-electron chi connectivity index (χ3n) is 3.08. The lowest BCUT2D eigenvalue weighted by Gasteiger charge is -2.13. The lowest BCUT2D eigenvalue weighted by atomic mass is 11.1. The molecule has 1 aliphatic heterocycles. The van der Waals surface area contributed by atoms with Crippen LogP contribution in [0.4, 0.5) is 5.82 Å². The summed E-state index contributed by atoms with van der Waals surface area (Å²) in [6, 6.07) is 0. The van der Waals surface area contributed by atoms with Gasteiger partial charge in [-0.3, -0.25) is 4.57 Å². The zero-order valence-electron chi connectivity index (χ0n) is 9.97. The Morgan fingerprint density at radius 1 is 1.42 bits per heavy atom. The van der Waals surface area contributed by atoms with Gasteiger partial charge in [0, 0.05) is 6.42 Å². The minimum atomic E-state index is -0.698. The quantitative estimate of drug-likeness (QED) is 0.435. The molecule has 6 N–H and O–H groups in total. The van der Waals surface area contributed by atoms with Gasteiger partial charge in [0.25, 0.3) is 0 Å². The third-order valence-corrected chi connectivity index (χ3v) is 3.08. The first kappa shape index (κ1) is 13.6. The van der Waals surface area contributed by atoms with Crippen molar-refractivity contribution < 1.29 is 20.4 Å². The summed E-state index contributed by atoms with van der Waals surface area (Å²) in [6.45, 7) is -0.221. The van der Waals surface area contributed by atoms with Gasteiger partial charge in [0.2, 0.25) is 0 Å². The minimum Gasteiger partial charge on any atom is -0.412 e. The van der Waals surface area contributed by atoms with E-state index in [1.165, 1.54) is 6.33 Å². The summed E-state index contributed by atoms with van der Waals surface area (Å²) in [7, 11) is 0. The van der Waals surface area contributed by atoms with E-state index in [1.54, 1.807) is 10.9 Å². The number of aromatic nitrogens is 4. The van der Waals surface area contributed by atoms with Crippen molar-refractivity contribution in [2.24, 2.45) is 0 Å². The summed E-state index contributed by atoms with van der Waals surface area (Å²) in [5.74, 6) is 0.302. The molecule has 9 heteroatoms. The molecule has 1 fully saturated rings. The van der Waals surface area contributed by atoms with Crippen LogP contribution < -0.4 is 5.73 Å². The Balaban J connectivity index is 0.00000133. The van der Waals surface area contributed by atoms with E-state index in [2.05, 4.69) is 15.0 Å². The van der Waals surface area contributed by atoms with Crippen LogP contribution >= 0.6 is 0 Å². The highest BCUT2D eigenvalue weighted by molar-refractivity contribution is 5.81. The van der Waals surface area contributed by atoms with Crippen molar-refractivity contribution in [3.05, 3.63) is 12.7 Å². The molecular formula is C10H15N5O4. The number of nitrogens with zero attached hydrogens (tertiary/aromatic N) is 4. The molecule has 1 aliphatic rings. The van der Waals surface area contributed by atoms with Crippen molar-refractivity contribution in [3.63, 3.8) is 0 Å². The minimum absolute atomic E-state index is 0. The molecule has 3 rings (SSSR count). The fourth-order valence-electron chi connectivity index (χ4n) is 2.13. The number of aliphatic hydroxyl groups is 2. The largest absolute Gasteiger partial charge is 0.412 e. The van der Waals surface area contributed by atoms with E-state index in [1.807, 2.05) is 0 Å². The van der Waals surface area contributed by atoms with E-state index in [0.29, 0.717) is 23.4 Å². The van der Waals surface area contributed by atoms with E-state index in [4.69, 9.17) is 15.6 Å². The van der Waals surface area contributed by atoms with Crippen molar-refractivity contribution in [1.82, 2.24) is 19.5 Å². The highest BCUT2D eigenvalue weighted by Gasteiger charge is 2.35. The Kier molecular flexibility index (Phi) is 3.62. The molecule has 0 aromatic carbocycles. The fraction of sp³-hybridized carbons (Fsp3) is 0.500. The van der Waals surface area contributed by atoms with Crippen LogP contribution in [0, 0.1) is 0 Å². The van der Waals surface area contributed by atoms with Crippen LogP contribution in [0.25, 0.3) is 11.2 Å². The SMILES string of the molecule is O.[15NH2][13c]1[15n][13cH][15n][13c]2[13c]1[15n][13cH][15n]2[13C@H]1[13CH2][13C@H](O)[13C@@H]([13CH2]O)O1. The van der Waals surface area contributed by atoms with Gasteiger partial charge < -0.3 is 26.2 Å². The molecule has 3 atom stereocenters. The van der Waals surface area contributed by atoms with Gasteiger partial charge in [-0.1, -0.05) is 0 Å². The second-order valence-electron chi connectivity index (χ2n) is 4.20. The molecule has 0 saturated carbocycles. The number of imidazole rings is 1. The molecule has 2 aromatic rings. The van der Waals surface area contributed by atoms with Gasteiger partial charge in [0.15, 0.2) is 11.5 Å². The molecule has 3 heterocycles. The molecular weight excluding hydrogens is 269 g/mol. The molecule has 1 saturated heterocycles. The first-order valence-electron chi connectivity index (χ1n) is 5.58. The van der Waals surface area contributed by atoms with Crippen molar-refractivity contribution in [1.29, 1.82) is 0 Å². The molecule has 104 valence electrons. The maximum atomic E-state index is 9.71. The van der Waals surface area contributed by atoms with Crippen molar-refractivity contribution >= 4 is 17.0 Å². The summed E-state index contributed by atoms with van der Waals surface area (Å²) in [5.41, 5.74) is 6.75. The maximum Gasteiger partial charge on any atom is 0.167 e. The number of hydrogen-bond acceptors (Lipinski definition) is 7. The second-order valence-corrected chi connectivity index (χ2v) is 4.20. The van der Waals surface area contributed by atoms with Gasteiger partial charge in [-0.25, -0.2) is 15.0 Å². The Labute approximate surface area is 108 Å². The van der Waals surface area contributed by atoms with E-state index < -0.39 is 18.4 Å². The molecule has 0 bridgehead atoms. The van der Waals surface area contributed by atoms with Crippen LogP contribution in [-0.4, -0.2) is 54.0 Å². The molecule has 0 aliphatic carbocycles. The van der Waals surface area contributed by atoms with Crippen molar-refractivity contribution in [3.8, 4) is 0 Å². The van der Waals surface area contributed by atoms with Crippen LogP contribution in [0.3, 0.4) is 0 Å². The smallest absolute Gasteiger partial charge is 0.167 e. The van der Waals surface area contributed by atoms with Gasteiger partial charge in [-0.05, 0) is 0 Å². The number of rotatable bonds is 2. The maximum absolute atomic E-state index is 9.71. The summed E-state index contributed by atoms with van der Waals surface area (Å²) in [4.78, 5) is 12.1. The molecule has 2 aromatic heterocycles. The lowest BCUT2D eigenvalue weighted by molar-refractivity contribution is -0.0432. The van der Waals surface area contributed by atoms with Gasteiger partial charge in [0.1, 0.15) is 24.2 Å². The molecule has 19 heavy (non-hydrogen) atoms. The van der Waals surface area contributed by atoms with E-state index in [-0.39, 0.29) is 12.1 Å². The average Bonchev–Trinajstić information content (AvgIpc) is 2.93. The second kappa shape index (κ2) is 5.05. The summed E-state index contributed by atoms with van der Waals surface area (Å²) in [5, 5.41) is 18.8. The molecule has 0 unspecified atom stereocenters. The Morgan fingerprint density at radius 2 is 2.21 bits per heavy atom.